The van der Waals surface area contributed by atoms with Crippen molar-refractivity contribution in [2.24, 2.45) is 0 Å². The summed E-state index contributed by atoms with van der Waals surface area (Å²) in [4.78, 5) is 4.56. The minimum Gasteiger partial charge on any atom is -0.493 e. The number of nitrogens with zero attached hydrogens (tertiary/aromatic N) is 1. The molecule has 4 heteroatoms. The van der Waals surface area contributed by atoms with Gasteiger partial charge in [0, 0.05) is 17.3 Å². The average Bonchev–Trinajstić information content (AvgIpc) is 2.65. The molecule has 2 aromatic rings. The Morgan fingerprint density at radius 3 is 2.75 bits per heavy atom. The first-order valence-electron chi connectivity index (χ1n) is 8.52. The number of ether oxygens (including phenoxy) is 2. The van der Waals surface area contributed by atoms with E-state index in [-0.39, 0.29) is 5.41 Å². The fourth-order valence-electron chi connectivity index (χ4n) is 3.80. The molecule has 0 radical (unpaired) electrons. The number of pyridine rings is 1. The second-order valence-electron chi connectivity index (χ2n) is 6.49. The first kappa shape index (κ1) is 16.8. The SMILES string of the molecule is CNCC[C@@]1(c2ccc(OC)c(OC)c2)CCc2ncccc2C1. The molecular formula is C20H26N2O2. The highest BCUT2D eigenvalue weighted by Gasteiger charge is 2.36. The van der Waals surface area contributed by atoms with Crippen LogP contribution in [0.5, 0.6) is 11.5 Å². The van der Waals surface area contributed by atoms with Gasteiger partial charge in [-0.05, 0) is 68.6 Å². The molecule has 0 fully saturated rings. The number of hydrogen-bond acceptors (Lipinski definition) is 4. The van der Waals surface area contributed by atoms with Crippen LogP contribution in [0, 0.1) is 0 Å². The number of fused-ring (bicyclic) bond motifs is 1. The Morgan fingerprint density at radius 1 is 1.17 bits per heavy atom. The van der Waals surface area contributed by atoms with Crippen molar-refractivity contribution in [1.82, 2.24) is 10.3 Å². The smallest absolute Gasteiger partial charge is 0.161 e. The number of nitrogens with one attached hydrogen (secondary N) is 1. The minimum atomic E-state index is 0.110. The van der Waals surface area contributed by atoms with E-state index in [1.807, 2.05) is 25.4 Å². The van der Waals surface area contributed by atoms with Crippen molar-refractivity contribution in [3.63, 3.8) is 0 Å². The monoisotopic (exact) mass is 326 g/mol. The highest BCUT2D eigenvalue weighted by molar-refractivity contribution is 5.46. The standard InChI is InChI=1S/C20H26N2O2/c1-21-12-10-20(9-8-17-15(14-20)5-4-11-22-17)16-6-7-18(23-2)19(13-16)24-3/h4-7,11,13,21H,8-10,12,14H2,1-3H3/t20-/m0/s1. The van der Waals surface area contributed by atoms with Crippen LogP contribution in [-0.2, 0) is 18.3 Å². The van der Waals surface area contributed by atoms with Crippen LogP contribution in [0.2, 0.25) is 0 Å². The number of aryl methyl sites for hydroxylation is 1. The van der Waals surface area contributed by atoms with Crippen LogP contribution in [-0.4, -0.2) is 32.8 Å². The Morgan fingerprint density at radius 2 is 2.00 bits per heavy atom. The molecule has 3 rings (SSSR count). The molecule has 1 N–H and O–H groups in total. The van der Waals surface area contributed by atoms with Crippen molar-refractivity contribution in [3.8, 4) is 11.5 Å². The normalized spacial score (nSPS) is 19.6. The largest absolute Gasteiger partial charge is 0.493 e. The summed E-state index contributed by atoms with van der Waals surface area (Å²) in [5, 5.41) is 3.31. The Hall–Kier alpha value is -2.07. The van der Waals surface area contributed by atoms with Gasteiger partial charge < -0.3 is 14.8 Å². The molecule has 24 heavy (non-hydrogen) atoms. The van der Waals surface area contributed by atoms with Gasteiger partial charge in [-0.25, -0.2) is 0 Å². The predicted molar refractivity (Wildman–Crippen MR) is 96.0 cm³/mol. The Kier molecular flexibility index (Phi) is 5.05. The topological polar surface area (TPSA) is 43.4 Å². The van der Waals surface area contributed by atoms with E-state index in [0.717, 1.165) is 43.7 Å². The zero-order chi connectivity index (χ0) is 17.0. The van der Waals surface area contributed by atoms with Crippen molar-refractivity contribution in [3.05, 3.63) is 53.3 Å². The van der Waals surface area contributed by atoms with Crippen LogP contribution in [0.1, 0.15) is 29.7 Å². The number of benzene rings is 1. The molecule has 0 saturated heterocycles. The van der Waals surface area contributed by atoms with E-state index in [1.54, 1.807) is 14.2 Å². The number of methoxy groups -OCH3 is 2. The van der Waals surface area contributed by atoms with Gasteiger partial charge in [-0.3, -0.25) is 4.98 Å². The fourth-order valence-corrected chi connectivity index (χ4v) is 3.80. The van der Waals surface area contributed by atoms with Crippen molar-refractivity contribution < 1.29 is 9.47 Å². The summed E-state index contributed by atoms with van der Waals surface area (Å²) in [5.74, 6) is 1.58. The van der Waals surface area contributed by atoms with Gasteiger partial charge in [0.25, 0.3) is 0 Å². The van der Waals surface area contributed by atoms with Gasteiger partial charge in [-0.1, -0.05) is 12.1 Å². The van der Waals surface area contributed by atoms with Crippen molar-refractivity contribution >= 4 is 0 Å². The molecule has 0 aliphatic heterocycles. The second kappa shape index (κ2) is 7.22. The molecule has 1 atom stereocenters. The van der Waals surface area contributed by atoms with Crippen molar-refractivity contribution in [2.75, 3.05) is 27.8 Å². The Balaban J connectivity index is 2.01. The van der Waals surface area contributed by atoms with Crippen LogP contribution < -0.4 is 14.8 Å². The van der Waals surface area contributed by atoms with E-state index in [9.17, 15) is 0 Å². The molecule has 1 aromatic heterocycles. The molecule has 1 aliphatic carbocycles. The molecule has 0 spiro atoms. The average molecular weight is 326 g/mol. The lowest BCUT2D eigenvalue weighted by Gasteiger charge is -2.39. The lowest BCUT2D eigenvalue weighted by Crippen LogP contribution is -2.36. The van der Waals surface area contributed by atoms with Gasteiger partial charge in [0.15, 0.2) is 11.5 Å². The molecule has 1 heterocycles. The highest BCUT2D eigenvalue weighted by Crippen LogP contribution is 2.43. The number of aromatic nitrogens is 1. The summed E-state index contributed by atoms with van der Waals surface area (Å²) in [6, 6.07) is 10.6. The molecule has 1 aliphatic rings. The molecule has 0 bridgehead atoms. The van der Waals surface area contributed by atoms with Crippen LogP contribution in [0.3, 0.4) is 0 Å². The Labute approximate surface area is 144 Å². The van der Waals surface area contributed by atoms with Crippen molar-refractivity contribution in [2.45, 2.75) is 31.1 Å². The summed E-state index contributed by atoms with van der Waals surface area (Å²) in [6.07, 6.45) is 6.14. The van der Waals surface area contributed by atoms with E-state index >= 15 is 0 Å². The third kappa shape index (κ3) is 3.11. The van der Waals surface area contributed by atoms with Crippen LogP contribution in [0.25, 0.3) is 0 Å². The maximum Gasteiger partial charge on any atom is 0.161 e. The molecule has 0 saturated carbocycles. The second-order valence-corrected chi connectivity index (χ2v) is 6.49. The van der Waals surface area contributed by atoms with E-state index in [2.05, 4.69) is 28.5 Å². The maximum atomic E-state index is 5.53. The first-order chi connectivity index (χ1) is 11.7. The van der Waals surface area contributed by atoms with Gasteiger partial charge in [0.05, 0.1) is 14.2 Å². The summed E-state index contributed by atoms with van der Waals surface area (Å²) in [6.45, 7) is 0.990. The minimum absolute atomic E-state index is 0.110. The van der Waals surface area contributed by atoms with Crippen LogP contribution >= 0.6 is 0 Å². The van der Waals surface area contributed by atoms with E-state index < -0.39 is 0 Å². The van der Waals surface area contributed by atoms with Gasteiger partial charge >= 0.3 is 0 Å². The summed E-state index contributed by atoms with van der Waals surface area (Å²) in [5.41, 5.74) is 4.05. The number of rotatable bonds is 6. The Bertz CT molecular complexity index is 702. The molecule has 0 unspecified atom stereocenters. The van der Waals surface area contributed by atoms with E-state index in [1.165, 1.54) is 16.8 Å². The first-order valence-corrected chi connectivity index (χ1v) is 8.52. The lowest BCUT2D eigenvalue weighted by molar-refractivity contribution is 0.329. The van der Waals surface area contributed by atoms with Crippen molar-refractivity contribution in [1.29, 1.82) is 0 Å². The maximum absolute atomic E-state index is 5.53. The van der Waals surface area contributed by atoms with Gasteiger partial charge in [-0.2, -0.15) is 0 Å². The summed E-state index contributed by atoms with van der Waals surface area (Å²) >= 11 is 0. The third-order valence-corrected chi connectivity index (χ3v) is 5.20. The zero-order valence-corrected chi connectivity index (χ0v) is 14.8. The molecule has 128 valence electrons. The quantitative estimate of drug-likeness (QED) is 0.886. The van der Waals surface area contributed by atoms with E-state index in [4.69, 9.17) is 9.47 Å². The molecule has 4 nitrogen and oxygen atoms in total. The van der Waals surface area contributed by atoms with Crippen LogP contribution in [0.15, 0.2) is 36.5 Å². The fraction of sp³-hybridized carbons (Fsp3) is 0.450. The predicted octanol–water partition coefficient (Wildman–Crippen LogP) is 3.14. The van der Waals surface area contributed by atoms with Gasteiger partial charge in [0.2, 0.25) is 0 Å². The molecule has 1 aromatic carbocycles. The third-order valence-electron chi connectivity index (χ3n) is 5.20. The van der Waals surface area contributed by atoms with E-state index in [0.29, 0.717) is 0 Å². The van der Waals surface area contributed by atoms with Gasteiger partial charge in [0.1, 0.15) is 0 Å². The van der Waals surface area contributed by atoms with Gasteiger partial charge in [-0.15, -0.1) is 0 Å². The molecule has 0 amide bonds. The molecular weight excluding hydrogens is 300 g/mol. The zero-order valence-electron chi connectivity index (χ0n) is 14.8. The van der Waals surface area contributed by atoms with Crippen LogP contribution in [0.4, 0.5) is 0 Å². The summed E-state index contributed by atoms with van der Waals surface area (Å²) < 4.78 is 10.9. The number of hydrogen-bond donors (Lipinski definition) is 1. The summed E-state index contributed by atoms with van der Waals surface area (Å²) in [7, 11) is 5.39. The lowest BCUT2D eigenvalue weighted by atomic mass is 9.66. The highest BCUT2D eigenvalue weighted by atomic mass is 16.5.